The number of hydrogen-bond donors (Lipinski definition) is 7. The van der Waals surface area contributed by atoms with Gasteiger partial charge in [-0.15, -0.1) is 0 Å². The maximum absolute atomic E-state index is 14.0. The summed E-state index contributed by atoms with van der Waals surface area (Å²) in [5.74, 6) is -7.36. The predicted molar refractivity (Wildman–Crippen MR) is 149 cm³/mol. The second-order valence-corrected chi connectivity index (χ2v) is 11.2. The molecule has 41 heavy (non-hydrogen) atoms. The van der Waals surface area contributed by atoms with Crippen LogP contribution in [0.2, 0.25) is 0 Å². The van der Waals surface area contributed by atoms with Crippen LogP contribution in [0.1, 0.15) is 30.0 Å². The first-order valence-corrected chi connectivity index (χ1v) is 13.4. The molecule has 3 aliphatic carbocycles. The van der Waals surface area contributed by atoms with Crippen molar-refractivity contribution in [3.05, 3.63) is 39.7 Å². The van der Waals surface area contributed by atoms with Gasteiger partial charge in [0.1, 0.15) is 22.8 Å². The van der Waals surface area contributed by atoms with E-state index in [9.17, 15) is 39.6 Å². The Bertz CT molecular complexity index is 1400. The molecule has 3 aliphatic rings. The molecule has 1 fully saturated rings. The van der Waals surface area contributed by atoms with E-state index in [1.807, 2.05) is 6.92 Å². The normalized spacial score (nSPS) is 25.6. The zero-order chi connectivity index (χ0) is 30.5. The summed E-state index contributed by atoms with van der Waals surface area (Å²) in [6.07, 6.45) is 0.171. The van der Waals surface area contributed by atoms with Gasteiger partial charge < -0.3 is 41.7 Å². The van der Waals surface area contributed by atoms with E-state index >= 15 is 0 Å². The molecule has 1 aromatic rings. The quantitative estimate of drug-likeness (QED) is 0.193. The number of carbonyl (C=O) groups excluding carboxylic acids is 4. The van der Waals surface area contributed by atoms with Gasteiger partial charge in [0, 0.05) is 43.4 Å². The van der Waals surface area contributed by atoms with Crippen molar-refractivity contribution in [1.82, 2.24) is 15.5 Å². The summed E-state index contributed by atoms with van der Waals surface area (Å²) in [6, 6.07) is 0.545. The molecule has 4 atom stereocenters. The highest BCUT2D eigenvalue weighted by Crippen LogP contribution is 2.54. The minimum Gasteiger partial charge on any atom is -0.508 e. The molecule has 0 aromatic heterocycles. The number of fused-ring (bicyclic) bond motifs is 3. The van der Waals surface area contributed by atoms with E-state index in [0.29, 0.717) is 17.8 Å². The molecule has 0 aliphatic heterocycles. The third kappa shape index (κ3) is 4.63. The van der Waals surface area contributed by atoms with E-state index < -0.39 is 58.0 Å². The first-order chi connectivity index (χ1) is 19.2. The van der Waals surface area contributed by atoms with Crippen LogP contribution in [0.3, 0.4) is 0 Å². The molecule has 222 valence electrons. The van der Waals surface area contributed by atoms with Gasteiger partial charge in [-0.2, -0.15) is 0 Å². The van der Waals surface area contributed by atoms with Crippen molar-refractivity contribution in [2.24, 2.45) is 17.6 Å². The molecule has 13 nitrogen and oxygen atoms in total. The summed E-state index contributed by atoms with van der Waals surface area (Å²) >= 11 is 0. The van der Waals surface area contributed by atoms with Gasteiger partial charge in [0.2, 0.25) is 11.7 Å². The number of ketones is 2. The molecule has 0 unspecified atom stereocenters. The fraction of sp³-hybridized carbons (Fsp3) is 0.500. The monoisotopic (exact) mass is 571 g/mol. The van der Waals surface area contributed by atoms with Crippen molar-refractivity contribution < 1.29 is 39.6 Å². The molecule has 1 saturated carbocycles. The Balaban J connectivity index is 1.89. The van der Waals surface area contributed by atoms with Crippen molar-refractivity contribution in [3.63, 3.8) is 0 Å². The highest BCUT2D eigenvalue weighted by atomic mass is 16.3. The molecular weight excluding hydrogens is 534 g/mol. The Kier molecular flexibility index (Phi) is 7.91. The van der Waals surface area contributed by atoms with Crippen LogP contribution in [-0.4, -0.2) is 102 Å². The van der Waals surface area contributed by atoms with E-state index in [0.717, 1.165) is 0 Å². The lowest BCUT2D eigenvalue weighted by Gasteiger charge is -2.50. The lowest BCUT2D eigenvalue weighted by atomic mass is 9.57. The number of rotatable bonds is 8. The number of primary amides is 1. The van der Waals surface area contributed by atoms with Crippen molar-refractivity contribution in [3.8, 4) is 5.75 Å². The molecule has 2 amide bonds. The van der Waals surface area contributed by atoms with Gasteiger partial charge in [0.25, 0.3) is 5.91 Å². The first-order valence-electron chi connectivity index (χ1n) is 13.4. The summed E-state index contributed by atoms with van der Waals surface area (Å²) in [6.45, 7) is 2.47. The smallest absolute Gasteiger partial charge is 0.255 e. The minimum atomic E-state index is -2.71. The molecular formula is C28H37N5O8. The number of hydrogen-bond acceptors (Lipinski definition) is 11. The molecule has 8 N–H and O–H groups in total. The number of nitrogens with one attached hydrogen (secondary N) is 2. The average molecular weight is 572 g/mol. The van der Waals surface area contributed by atoms with Crippen LogP contribution in [0.25, 0.3) is 5.76 Å². The van der Waals surface area contributed by atoms with Crippen LogP contribution < -0.4 is 21.3 Å². The van der Waals surface area contributed by atoms with Gasteiger partial charge in [-0.3, -0.25) is 24.1 Å². The summed E-state index contributed by atoms with van der Waals surface area (Å²) in [7, 11) is 6.65. The van der Waals surface area contributed by atoms with Gasteiger partial charge in [0.15, 0.2) is 11.4 Å². The van der Waals surface area contributed by atoms with E-state index in [1.54, 1.807) is 39.2 Å². The Morgan fingerprint density at radius 3 is 2.37 bits per heavy atom. The number of carbonyl (C=O) groups is 4. The molecule has 0 bridgehead atoms. The number of amides is 2. The van der Waals surface area contributed by atoms with Crippen molar-refractivity contribution in [2.75, 3.05) is 46.2 Å². The Labute approximate surface area is 237 Å². The Morgan fingerprint density at radius 2 is 1.80 bits per heavy atom. The van der Waals surface area contributed by atoms with E-state index in [1.165, 1.54) is 4.90 Å². The van der Waals surface area contributed by atoms with Crippen LogP contribution in [0, 0.1) is 11.8 Å². The Morgan fingerprint density at radius 1 is 1.15 bits per heavy atom. The topological polar surface area (TPSA) is 206 Å². The molecule has 0 radical (unpaired) electrons. The van der Waals surface area contributed by atoms with Gasteiger partial charge in [0.05, 0.1) is 18.2 Å². The Hall–Kier alpha value is -3.94. The average Bonchev–Trinajstić information content (AvgIpc) is 2.88. The number of aromatic hydroxyl groups is 1. The number of nitrogens with two attached hydrogens (primary N) is 1. The molecule has 1 aromatic carbocycles. The number of nitrogens with zero attached hydrogens (tertiary/aromatic N) is 2. The largest absolute Gasteiger partial charge is 0.508 e. The maximum atomic E-state index is 14.0. The number of phenolic OH excluding ortho intramolecular Hbond substituents is 1. The SMILES string of the molecule is CCNCC(=O)NCc1cc(N(C)C)c2c(c1O)C(O)=C1C(=O)[C@]3(O)C(O)=C(C(N)=O)C(=O)[C@H](N(C)C)[C@@H]3C[C@@H]1C2. The number of benzene rings is 1. The zero-order valence-corrected chi connectivity index (χ0v) is 23.7. The number of likely N-dealkylation sites (N-methyl/N-ethyl adjacent to an activating group) is 2. The molecule has 13 heteroatoms. The van der Waals surface area contributed by atoms with Crippen LogP contribution in [0.15, 0.2) is 23.0 Å². The van der Waals surface area contributed by atoms with Crippen molar-refractivity contribution in [1.29, 1.82) is 0 Å². The molecule has 0 heterocycles. The summed E-state index contributed by atoms with van der Waals surface area (Å²) < 4.78 is 0. The number of Topliss-reactive ketones (excluding diaryl/α,β-unsaturated/α-hetero) is 2. The zero-order valence-electron chi connectivity index (χ0n) is 23.7. The predicted octanol–water partition coefficient (Wildman–Crippen LogP) is -0.744. The second kappa shape index (κ2) is 10.8. The van der Waals surface area contributed by atoms with E-state index in [2.05, 4.69) is 10.6 Å². The third-order valence-electron chi connectivity index (χ3n) is 8.27. The van der Waals surface area contributed by atoms with E-state index in [-0.39, 0.29) is 54.3 Å². The number of aliphatic hydroxyl groups is 3. The minimum absolute atomic E-state index is 0.00162. The standard InChI is InChI=1S/C28H37N5O8/c1-6-30-11-17(34)31-10-13-9-16(32(2)3)14-7-12-8-15-21(33(4)5)24(37)20(27(29)40)26(39)28(15,41)25(38)18(12)23(36)19(14)22(13)35/h9,12,15,21,30,35-36,39,41H,6-8,10-11H2,1-5H3,(H2,29,40)(H,31,34)/t12-,15-,21+,28-/m0/s1. The highest BCUT2D eigenvalue weighted by molar-refractivity contribution is 6.24. The fourth-order valence-electron chi connectivity index (χ4n) is 6.37. The molecule has 0 spiro atoms. The fourth-order valence-corrected chi connectivity index (χ4v) is 6.37. The first kappa shape index (κ1) is 30.0. The summed E-state index contributed by atoms with van der Waals surface area (Å²) in [5, 5.41) is 51.1. The van der Waals surface area contributed by atoms with Crippen LogP contribution in [-0.2, 0) is 32.1 Å². The highest BCUT2D eigenvalue weighted by Gasteiger charge is 2.64. The third-order valence-corrected chi connectivity index (χ3v) is 8.27. The van der Waals surface area contributed by atoms with Gasteiger partial charge in [-0.25, -0.2) is 0 Å². The number of phenols is 1. The summed E-state index contributed by atoms with van der Waals surface area (Å²) in [4.78, 5) is 54.8. The second-order valence-electron chi connectivity index (χ2n) is 11.2. The molecule has 0 saturated heterocycles. The number of anilines is 1. The van der Waals surface area contributed by atoms with E-state index in [4.69, 9.17) is 5.73 Å². The van der Waals surface area contributed by atoms with Crippen LogP contribution >= 0.6 is 0 Å². The van der Waals surface area contributed by atoms with Gasteiger partial charge in [-0.1, -0.05) is 6.92 Å². The molecule has 4 rings (SSSR count). The van der Waals surface area contributed by atoms with Gasteiger partial charge in [-0.05, 0) is 51.0 Å². The lowest BCUT2D eigenvalue weighted by Crippen LogP contribution is -2.65. The summed E-state index contributed by atoms with van der Waals surface area (Å²) in [5.41, 5.74) is 3.01. The van der Waals surface area contributed by atoms with Gasteiger partial charge >= 0.3 is 0 Å². The van der Waals surface area contributed by atoms with Crippen LogP contribution in [0.4, 0.5) is 5.69 Å². The maximum Gasteiger partial charge on any atom is 0.255 e. The lowest BCUT2D eigenvalue weighted by molar-refractivity contribution is -0.153. The number of aliphatic hydroxyl groups excluding tert-OH is 2. The van der Waals surface area contributed by atoms with Crippen molar-refractivity contribution >= 4 is 34.8 Å². The van der Waals surface area contributed by atoms with Crippen LogP contribution in [0.5, 0.6) is 5.75 Å². The van der Waals surface area contributed by atoms with Crippen molar-refractivity contribution in [2.45, 2.75) is 38.0 Å².